The van der Waals surface area contributed by atoms with Crippen LogP contribution in [0, 0.1) is 5.41 Å². The summed E-state index contributed by atoms with van der Waals surface area (Å²) in [5.41, 5.74) is 6.91. The second-order valence-electron chi connectivity index (χ2n) is 4.48. The van der Waals surface area contributed by atoms with E-state index in [9.17, 15) is 0 Å². The lowest BCUT2D eigenvalue weighted by Gasteiger charge is -2.40. The van der Waals surface area contributed by atoms with Crippen molar-refractivity contribution in [3.05, 3.63) is 29.8 Å². The molecule has 0 unspecified atom stereocenters. The first-order valence-corrected chi connectivity index (χ1v) is 5.77. The van der Waals surface area contributed by atoms with Gasteiger partial charge in [-0.15, -0.1) is 0 Å². The van der Waals surface area contributed by atoms with Gasteiger partial charge in [0.05, 0.1) is 25.2 Å². The van der Waals surface area contributed by atoms with Gasteiger partial charge in [-0.05, 0) is 24.1 Å². The van der Waals surface area contributed by atoms with Gasteiger partial charge < -0.3 is 15.2 Å². The van der Waals surface area contributed by atoms with Crippen molar-refractivity contribution in [3.8, 4) is 5.75 Å². The molecule has 1 heterocycles. The number of ether oxygens (including phenoxy) is 2. The van der Waals surface area contributed by atoms with Crippen molar-refractivity contribution in [2.75, 3.05) is 19.8 Å². The molecule has 0 radical (unpaired) electrons. The smallest absolute Gasteiger partial charge is 0.119 e. The normalized spacial score (nSPS) is 17.9. The van der Waals surface area contributed by atoms with Crippen molar-refractivity contribution >= 4 is 0 Å². The number of hydrogen-bond acceptors (Lipinski definition) is 3. The van der Waals surface area contributed by atoms with E-state index in [0.29, 0.717) is 6.54 Å². The minimum atomic E-state index is 0.243. The summed E-state index contributed by atoms with van der Waals surface area (Å²) >= 11 is 0. The van der Waals surface area contributed by atoms with Crippen LogP contribution in [-0.2, 0) is 11.3 Å². The average Bonchev–Trinajstić information content (AvgIpc) is 2.29. The van der Waals surface area contributed by atoms with E-state index in [1.54, 1.807) is 0 Å². The van der Waals surface area contributed by atoms with Crippen LogP contribution < -0.4 is 10.5 Å². The van der Waals surface area contributed by atoms with Gasteiger partial charge in [-0.2, -0.15) is 0 Å². The number of nitrogens with two attached hydrogens (primary N) is 1. The lowest BCUT2D eigenvalue weighted by molar-refractivity contribution is -0.133. The first kappa shape index (κ1) is 11.4. The van der Waals surface area contributed by atoms with E-state index in [1.807, 2.05) is 24.3 Å². The van der Waals surface area contributed by atoms with Crippen LogP contribution in [0.2, 0.25) is 0 Å². The summed E-state index contributed by atoms with van der Waals surface area (Å²) in [5.74, 6) is 0.914. The Labute approximate surface area is 96.5 Å². The Bertz CT molecular complexity index is 325. The molecule has 0 bridgehead atoms. The first-order valence-electron chi connectivity index (χ1n) is 5.77. The van der Waals surface area contributed by atoms with Crippen molar-refractivity contribution < 1.29 is 9.47 Å². The molecule has 1 fully saturated rings. The molecule has 0 aromatic heterocycles. The second-order valence-corrected chi connectivity index (χ2v) is 4.48. The van der Waals surface area contributed by atoms with E-state index in [-0.39, 0.29) is 5.41 Å². The van der Waals surface area contributed by atoms with Gasteiger partial charge in [-0.25, -0.2) is 0 Å². The molecule has 1 saturated heterocycles. The Hall–Kier alpha value is -1.06. The van der Waals surface area contributed by atoms with Gasteiger partial charge in [0.2, 0.25) is 0 Å². The van der Waals surface area contributed by atoms with Crippen LogP contribution in [0.15, 0.2) is 24.3 Å². The van der Waals surface area contributed by atoms with Crippen molar-refractivity contribution in [1.29, 1.82) is 0 Å². The van der Waals surface area contributed by atoms with Gasteiger partial charge in [0, 0.05) is 6.54 Å². The van der Waals surface area contributed by atoms with Gasteiger partial charge in [0.1, 0.15) is 5.75 Å². The fourth-order valence-electron chi connectivity index (χ4n) is 1.74. The summed E-state index contributed by atoms with van der Waals surface area (Å²) < 4.78 is 11.0. The Morgan fingerprint density at radius 1 is 1.31 bits per heavy atom. The Balaban J connectivity index is 1.89. The van der Waals surface area contributed by atoms with Crippen LogP contribution in [0.4, 0.5) is 0 Å². The monoisotopic (exact) mass is 221 g/mol. The molecule has 0 aliphatic carbocycles. The van der Waals surface area contributed by atoms with Gasteiger partial charge in [0.25, 0.3) is 0 Å². The van der Waals surface area contributed by atoms with Crippen LogP contribution in [-0.4, -0.2) is 19.8 Å². The van der Waals surface area contributed by atoms with Crippen LogP contribution in [0.25, 0.3) is 0 Å². The summed E-state index contributed by atoms with van der Waals surface area (Å²) in [4.78, 5) is 0. The molecule has 16 heavy (non-hydrogen) atoms. The molecule has 0 amide bonds. The fourth-order valence-corrected chi connectivity index (χ4v) is 1.74. The number of hydrogen-bond donors (Lipinski definition) is 1. The lowest BCUT2D eigenvalue weighted by atomic mass is 9.84. The molecule has 2 N–H and O–H groups in total. The predicted octanol–water partition coefficient (Wildman–Crippen LogP) is 1.95. The van der Waals surface area contributed by atoms with Crippen molar-refractivity contribution in [2.24, 2.45) is 11.1 Å². The fraction of sp³-hybridized carbons (Fsp3) is 0.538. The third-order valence-electron chi connectivity index (χ3n) is 3.27. The first-order chi connectivity index (χ1) is 7.78. The zero-order valence-corrected chi connectivity index (χ0v) is 9.74. The molecule has 0 spiro atoms. The summed E-state index contributed by atoms with van der Waals surface area (Å²) in [6, 6.07) is 7.96. The summed E-state index contributed by atoms with van der Waals surface area (Å²) in [7, 11) is 0. The van der Waals surface area contributed by atoms with Crippen molar-refractivity contribution in [3.63, 3.8) is 0 Å². The van der Waals surface area contributed by atoms with Crippen molar-refractivity contribution in [2.45, 2.75) is 19.9 Å². The zero-order chi connectivity index (χ0) is 11.4. The molecule has 0 saturated carbocycles. The maximum absolute atomic E-state index is 5.78. The molecule has 1 aromatic carbocycles. The maximum Gasteiger partial charge on any atom is 0.119 e. The molecule has 1 aliphatic heterocycles. The SMILES string of the molecule is CCC1(COc2ccc(CN)cc2)COC1. The second kappa shape index (κ2) is 4.85. The highest BCUT2D eigenvalue weighted by atomic mass is 16.5. The topological polar surface area (TPSA) is 44.5 Å². The molecule has 2 rings (SSSR count). The van der Waals surface area contributed by atoms with Crippen LogP contribution >= 0.6 is 0 Å². The highest BCUT2D eigenvalue weighted by molar-refractivity contribution is 5.27. The highest BCUT2D eigenvalue weighted by Crippen LogP contribution is 2.31. The maximum atomic E-state index is 5.78. The predicted molar refractivity (Wildman–Crippen MR) is 63.4 cm³/mol. The van der Waals surface area contributed by atoms with E-state index in [4.69, 9.17) is 15.2 Å². The van der Waals surface area contributed by atoms with Crippen LogP contribution in [0.5, 0.6) is 5.75 Å². The van der Waals surface area contributed by atoms with E-state index in [1.165, 1.54) is 0 Å². The lowest BCUT2D eigenvalue weighted by Crippen LogP contribution is -2.46. The van der Waals surface area contributed by atoms with Crippen molar-refractivity contribution in [1.82, 2.24) is 0 Å². The van der Waals surface area contributed by atoms with Gasteiger partial charge in [-0.1, -0.05) is 19.1 Å². The standard InChI is InChI=1S/C13H19NO2/c1-2-13(8-15-9-13)10-16-12-5-3-11(7-14)4-6-12/h3-6H,2,7-10,14H2,1H3. The molecule has 1 aliphatic rings. The average molecular weight is 221 g/mol. The Morgan fingerprint density at radius 2 is 2.00 bits per heavy atom. The molecule has 0 atom stereocenters. The molecule has 88 valence electrons. The van der Waals surface area contributed by atoms with E-state index >= 15 is 0 Å². The molecule has 3 heteroatoms. The molecule has 3 nitrogen and oxygen atoms in total. The summed E-state index contributed by atoms with van der Waals surface area (Å²) in [6.07, 6.45) is 1.11. The van der Waals surface area contributed by atoms with E-state index in [0.717, 1.165) is 37.6 Å². The third-order valence-corrected chi connectivity index (χ3v) is 3.27. The van der Waals surface area contributed by atoms with E-state index in [2.05, 4.69) is 6.92 Å². The number of benzene rings is 1. The molecule has 1 aromatic rings. The van der Waals surface area contributed by atoms with Crippen LogP contribution in [0.1, 0.15) is 18.9 Å². The minimum absolute atomic E-state index is 0.243. The quantitative estimate of drug-likeness (QED) is 0.826. The number of rotatable bonds is 5. The Morgan fingerprint density at radius 3 is 2.44 bits per heavy atom. The van der Waals surface area contributed by atoms with E-state index < -0.39 is 0 Å². The Kier molecular flexibility index (Phi) is 3.46. The highest BCUT2D eigenvalue weighted by Gasteiger charge is 2.37. The summed E-state index contributed by atoms with van der Waals surface area (Å²) in [5, 5.41) is 0. The minimum Gasteiger partial charge on any atom is -0.493 e. The zero-order valence-electron chi connectivity index (χ0n) is 9.74. The third kappa shape index (κ3) is 2.36. The van der Waals surface area contributed by atoms with Crippen LogP contribution in [0.3, 0.4) is 0 Å². The van der Waals surface area contributed by atoms with Gasteiger partial charge >= 0.3 is 0 Å². The van der Waals surface area contributed by atoms with Gasteiger partial charge in [0.15, 0.2) is 0 Å². The summed E-state index contributed by atoms with van der Waals surface area (Å²) in [6.45, 7) is 5.15. The largest absolute Gasteiger partial charge is 0.493 e. The molecular formula is C13H19NO2. The van der Waals surface area contributed by atoms with Gasteiger partial charge in [-0.3, -0.25) is 0 Å². The molecular weight excluding hydrogens is 202 g/mol.